The van der Waals surface area contributed by atoms with Crippen LogP contribution in [0, 0.1) is 6.92 Å². The summed E-state index contributed by atoms with van der Waals surface area (Å²) in [6.07, 6.45) is 6.39. The van der Waals surface area contributed by atoms with Crippen LogP contribution in [0.4, 0.5) is 5.82 Å². The Morgan fingerprint density at radius 1 is 1.38 bits per heavy atom. The zero-order chi connectivity index (χ0) is 11.5. The zero-order valence-electron chi connectivity index (χ0n) is 9.54. The first kappa shape index (κ1) is 11.9. The van der Waals surface area contributed by atoms with Crippen LogP contribution in [0.25, 0.3) is 0 Å². The first-order valence-electron chi connectivity index (χ1n) is 5.79. The number of nitrogens with two attached hydrogens (primary N) is 1. The van der Waals surface area contributed by atoms with Crippen LogP contribution in [0.1, 0.15) is 31.2 Å². The summed E-state index contributed by atoms with van der Waals surface area (Å²) in [4.78, 5) is 4.36. The molecule has 3 nitrogen and oxygen atoms in total. The minimum atomic E-state index is 0.401. The molecule has 0 radical (unpaired) electrons. The van der Waals surface area contributed by atoms with Gasteiger partial charge in [0.25, 0.3) is 0 Å². The number of anilines is 1. The Morgan fingerprint density at radius 3 is 2.69 bits per heavy atom. The highest BCUT2D eigenvalue weighted by atomic mass is 79.9. The molecule has 0 saturated heterocycles. The fraction of sp³-hybridized carbons (Fsp3) is 0.583. The normalized spacial score (nSPS) is 25.4. The number of nitrogens with one attached hydrogen (secondary N) is 1. The van der Waals surface area contributed by atoms with Crippen molar-refractivity contribution in [3.8, 4) is 0 Å². The minimum absolute atomic E-state index is 0.401. The average Bonchev–Trinajstić information content (AvgIpc) is 2.27. The van der Waals surface area contributed by atoms with Crippen LogP contribution in [-0.4, -0.2) is 17.1 Å². The van der Waals surface area contributed by atoms with Crippen molar-refractivity contribution in [3.63, 3.8) is 0 Å². The molecule has 1 aliphatic rings. The van der Waals surface area contributed by atoms with E-state index in [2.05, 4.69) is 39.2 Å². The highest BCUT2D eigenvalue weighted by molar-refractivity contribution is 9.10. The lowest BCUT2D eigenvalue weighted by atomic mass is 9.92. The summed E-state index contributed by atoms with van der Waals surface area (Å²) < 4.78 is 1.06. The number of aryl methyl sites for hydroxylation is 1. The number of rotatable bonds is 2. The van der Waals surface area contributed by atoms with Gasteiger partial charge < -0.3 is 11.1 Å². The molecule has 1 heterocycles. The smallest absolute Gasteiger partial charge is 0.126 e. The topological polar surface area (TPSA) is 50.9 Å². The van der Waals surface area contributed by atoms with Crippen LogP contribution in [-0.2, 0) is 0 Å². The molecule has 0 atom stereocenters. The molecule has 1 aromatic heterocycles. The lowest BCUT2D eigenvalue weighted by Gasteiger charge is -2.27. The number of aromatic nitrogens is 1. The van der Waals surface area contributed by atoms with Gasteiger partial charge in [0, 0.05) is 22.8 Å². The van der Waals surface area contributed by atoms with Gasteiger partial charge in [0.05, 0.1) is 0 Å². The van der Waals surface area contributed by atoms with Crippen molar-refractivity contribution < 1.29 is 0 Å². The van der Waals surface area contributed by atoms with Gasteiger partial charge in [-0.3, -0.25) is 0 Å². The summed E-state index contributed by atoms with van der Waals surface area (Å²) in [6.45, 7) is 2.08. The third-order valence-corrected chi connectivity index (χ3v) is 4.00. The van der Waals surface area contributed by atoms with Crippen LogP contribution in [0.5, 0.6) is 0 Å². The van der Waals surface area contributed by atoms with Crippen molar-refractivity contribution in [3.05, 3.63) is 22.3 Å². The number of halogens is 1. The van der Waals surface area contributed by atoms with E-state index in [0.29, 0.717) is 12.1 Å². The van der Waals surface area contributed by atoms with Gasteiger partial charge in [0.2, 0.25) is 0 Å². The third kappa shape index (κ3) is 2.95. The van der Waals surface area contributed by atoms with Crippen LogP contribution in [0.2, 0.25) is 0 Å². The molecule has 1 aliphatic carbocycles. The average molecular weight is 284 g/mol. The van der Waals surface area contributed by atoms with E-state index >= 15 is 0 Å². The molecule has 0 unspecified atom stereocenters. The van der Waals surface area contributed by atoms with Crippen LogP contribution >= 0.6 is 15.9 Å². The Hall–Kier alpha value is -0.610. The predicted molar refractivity (Wildman–Crippen MR) is 70.5 cm³/mol. The van der Waals surface area contributed by atoms with Crippen molar-refractivity contribution in [1.29, 1.82) is 0 Å². The molecule has 16 heavy (non-hydrogen) atoms. The van der Waals surface area contributed by atoms with Gasteiger partial charge in [-0.25, -0.2) is 4.98 Å². The summed E-state index contributed by atoms with van der Waals surface area (Å²) in [5.41, 5.74) is 7.10. The molecule has 0 bridgehead atoms. The minimum Gasteiger partial charge on any atom is -0.367 e. The molecule has 3 N–H and O–H groups in total. The van der Waals surface area contributed by atoms with Crippen molar-refractivity contribution in [2.75, 3.05) is 5.32 Å². The van der Waals surface area contributed by atoms with E-state index in [1.807, 2.05) is 6.20 Å². The summed E-state index contributed by atoms with van der Waals surface area (Å²) in [7, 11) is 0. The van der Waals surface area contributed by atoms with E-state index in [0.717, 1.165) is 36.0 Å². The Kier molecular flexibility index (Phi) is 3.82. The number of nitrogens with zero attached hydrogens (tertiary/aromatic N) is 1. The van der Waals surface area contributed by atoms with Crippen LogP contribution in [0.15, 0.2) is 16.7 Å². The van der Waals surface area contributed by atoms with E-state index < -0.39 is 0 Å². The summed E-state index contributed by atoms with van der Waals surface area (Å²) in [6, 6.07) is 3.02. The maximum absolute atomic E-state index is 5.88. The van der Waals surface area contributed by atoms with E-state index in [-0.39, 0.29) is 0 Å². The predicted octanol–water partition coefficient (Wildman–Crippen LogP) is 2.83. The molecule has 4 heteroatoms. The number of hydrogen-bond acceptors (Lipinski definition) is 3. The van der Waals surface area contributed by atoms with Gasteiger partial charge in [-0.15, -0.1) is 0 Å². The Bertz CT molecular complexity index is 359. The van der Waals surface area contributed by atoms with Crippen molar-refractivity contribution >= 4 is 21.7 Å². The summed E-state index contributed by atoms with van der Waals surface area (Å²) in [5.74, 6) is 0.973. The molecule has 1 aromatic rings. The quantitative estimate of drug-likeness (QED) is 0.878. The Labute approximate surface area is 105 Å². The maximum Gasteiger partial charge on any atom is 0.126 e. The second-order valence-corrected chi connectivity index (χ2v) is 5.43. The SMILES string of the molecule is Cc1cc(NC2CCC(N)CC2)ncc1Br. The lowest BCUT2D eigenvalue weighted by Crippen LogP contribution is -2.33. The first-order valence-corrected chi connectivity index (χ1v) is 6.58. The Balaban J connectivity index is 1.96. The summed E-state index contributed by atoms with van der Waals surface area (Å²) >= 11 is 3.46. The third-order valence-electron chi connectivity index (χ3n) is 3.17. The second kappa shape index (κ2) is 5.15. The number of pyridine rings is 1. The summed E-state index contributed by atoms with van der Waals surface area (Å²) in [5, 5.41) is 3.48. The van der Waals surface area contributed by atoms with Gasteiger partial charge in [0.15, 0.2) is 0 Å². The second-order valence-electron chi connectivity index (χ2n) is 4.57. The monoisotopic (exact) mass is 283 g/mol. The molecular formula is C12H18BrN3. The standard InChI is InChI=1S/C12H18BrN3/c1-8-6-12(15-7-11(8)13)16-10-4-2-9(14)3-5-10/h6-7,9-10H,2-5,14H2,1H3,(H,15,16). The van der Waals surface area contributed by atoms with Gasteiger partial charge in [-0.2, -0.15) is 0 Å². The van der Waals surface area contributed by atoms with Crippen molar-refractivity contribution in [2.24, 2.45) is 5.73 Å². The van der Waals surface area contributed by atoms with E-state index in [4.69, 9.17) is 5.73 Å². The lowest BCUT2D eigenvalue weighted by molar-refractivity contribution is 0.410. The molecule has 0 aromatic carbocycles. The van der Waals surface area contributed by atoms with E-state index in [1.54, 1.807) is 0 Å². The van der Waals surface area contributed by atoms with Gasteiger partial charge in [-0.05, 0) is 60.2 Å². The molecule has 1 fully saturated rings. The van der Waals surface area contributed by atoms with Crippen LogP contribution < -0.4 is 11.1 Å². The number of hydrogen-bond donors (Lipinski definition) is 2. The molecule has 88 valence electrons. The fourth-order valence-electron chi connectivity index (χ4n) is 2.09. The molecular weight excluding hydrogens is 266 g/mol. The van der Waals surface area contributed by atoms with Crippen molar-refractivity contribution in [2.45, 2.75) is 44.7 Å². The molecule has 0 spiro atoms. The van der Waals surface area contributed by atoms with Crippen LogP contribution in [0.3, 0.4) is 0 Å². The van der Waals surface area contributed by atoms with Gasteiger partial charge in [0.1, 0.15) is 5.82 Å². The highest BCUT2D eigenvalue weighted by Crippen LogP contribution is 2.22. The van der Waals surface area contributed by atoms with E-state index in [1.165, 1.54) is 5.56 Å². The molecule has 0 aliphatic heterocycles. The van der Waals surface area contributed by atoms with Gasteiger partial charge in [-0.1, -0.05) is 0 Å². The maximum atomic E-state index is 5.88. The fourth-order valence-corrected chi connectivity index (χ4v) is 2.31. The largest absolute Gasteiger partial charge is 0.367 e. The molecule has 0 amide bonds. The van der Waals surface area contributed by atoms with Gasteiger partial charge >= 0.3 is 0 Å². The van der Waals surface area contributed by atoms with Crippen molar-refractivity contribution in [1.82, 2.24) is 4.98 Å². The highest BCUT2D eigenvalue weighted by Gasteiger charge is 2.18. The zero-order valence-corrected chi connectivity index (χ0v) is 11.1. The Morgan fingerprint density at radius 2 is 2.06 bits per heavy atom. The molecule has 2 rings (SSSR count). The first-order chi connectivity index (χ1) is 7.65. The van der Waals surface area contributed by atoms with E-state index in [9.17, 15) is 0 Å². The molecule has 1 saturated carbocycles.